The van der Waals surface area contributed by atoms with Gasteiger partial charge in [0.05, 0.1) is 11.4 Å². The van der Waals surface area contributed by atoms with Crippen LogP contribution in [-0.2, 0) is 16.0 Å². The van der Waals surface area contributed by atoms with Gasteiger partial charge in [-0.3, -0.25) is 14.4 Å². The molecule has 8 nitrogen and oxygen atoms in total. The summed E-state index contributed by atoms with van der Waals surface area (Å²) in [5, 5.41) is 13.8. The molecule has 0 spiro atoms. The van der Waals surface area contributed by atoms with Crippen LogP contribution in [0.4, 0.5) is 0 Å². The number of piperazine rings is 1. The van der Waals surface area contributed by atoms with E-state index in [0.29, 0.717) is 19.5 Å². The summed E-state index contributed by atoms with van der Waals surface area (Å²) in [6.07, 6.45) is 0.161. The minimum Gasteiger partial charge on any atom is -0.481 e. The Morgan fingerprint density at radius 2 is 2.33 bits per heavy atom. The van der Waals surface area contributed by atoms with Gasteiger partial charge in [-0.15, -0.1) is 11.3 Å². The monoisotopic (exact) mass is 312 g/mol. The average molecular weight is 312 g/mol. The van der Waals surface area contributed by atoms with Crippen LogP contribution in [0, 0.1) is 0 Å². The maximum atomic E-state index is 12.4. The first-order valence-electron chi connectivity index (χ1n) is 6.48. The Morgan fingerprint density at radius 1 is 1.57 bits per heavy atom. The minimum absolute atomic E-state index is 0.230. The van der Waals surface area contributed by atoms with Gasteiger partial charge in [0.1, 0.15) is 11.7 Å². The third-order valence-corrected chi connectivity index (χ3v) is 4.00. The quantitative estimate of drug-likeness (QED) is 0.644. The van der Waals surface area contributed by atoms with Crippen LogP contribution in [0.5, 0.6) is 0 Å². The molecule has 0 aromatic carbocycles. The van der Waals surface area contributed by atoms with Crippen molar-refractivity contribution in [2.24, 2.45) is 5.73 Å². The Labute approximate surface area is 124 Å². The highest BCUT2D eigenvalue weighted by molar-refractivity contribution is 7.09. The van der Waals surface area contributed by atoms with Crippen molar-refractivity contribution in [3.8, 4) is 0 Å². The van der Waals surface area contributed by atoms with Gasteiger partial charge in [0.2, 0.25) is 5.91 Å². The van der Waals surface area contributed by atoms with Crippen LogP contribution in [0.2, 0.25) is 0 Å². The van der Waals surface area contributed by atoms with Crippen LogP contribution in [0.25, 0.3) is 0 Å². The van der Waals surface area contributed by atoms with Gasteiger partial charge in [-0.2, -0.15) is 0 Å². The molecule has 1 aliphatic heterocycles. The normalized spacial score (nSPS) is 18.4. The molecule has 0 radical (unpaired) electrons. The summed E-state index contributed by atoms with van der Waals surface area (Å²) in [5.74, 6) is -2.00. The summed E-state index contributed by atoms with van der Waals surface area (Å²) in [6, 6.07) is -0.997. The maximum absolute atomic E-state index is 12.4. The molecule has 0 saturated carbocycles. The first-order valence-corrected chi connectivity index (χ1v) is 7.36. The lowest BCUT2D eigenvalue weighted by atomic mass is 10.1. The molecule has 0 aliphatic carbocycles. The van der Waals surface area contributed by atoms with E-state index < -0.39 is 30.2 Å². The van der Waals surface area contributed by atoms with Gasteiger partial charge in [-0.05, 0) is 6.54 Å². The molecule has 1 fully saturated rings. The second-order valence-electron chi connectivity index (χ2n) is 4.57. The van der Waals surface area contributed by atoms with Crippen LogP contribution in [0.1, 0.15) is 21.9 Å². The van der Waals surface area contributed by atoms with Crippen molar-refractivity contribution < 1.29 is 19.5 Å². The van der Waals surface area contributed by atoms with Crippen LogP contribution >= 0.6 is 11.3 Å². The number of amides is 2. The van der Waals surface area contributed by atoms with Gasteiger partial charge >= 0.3 is 5.97 Å². The lowest BCUT2D eigenvalue weighted by Gasteiger charge is -2.33. The molecule has 1 aliphatic rings. The van der Waals surface area contributed by atoms with Crippen molar-refractivity contribution >= 4 is 29.1 Å². The van der Waals surface area contributed by atoms with Gasteiger partial charge in [0.15, 0.2) is 0 Å². The summed E-state index contributed by atoms with van der Waals surface area (Å²) in [6.45, 7) is 1.02. The van der Waals surface area contributed by atoms with Crippen molar-refractivity contribution in [3.63, 3.8) is 0 Å². The molecule has 1 unspecified atom stereocenters. The number of hydrogen-bond donors (Lipinski definition) is 3. The second-order valence-corrected chi connectivity index (χ2v) is 5.51. The van der Waals surface area contributed by atoms with E-state index in [1.165, 1.54) is 16.2 Å². The number of carbonyl (C=O) groups is 3. The van der Waals surface area contributed by atoms with Crippen LogP contribution in [-0.4, -0.2) is 58.5 Å². The Kier molecular flexibility index (Phi) is 4.86. The van der Waals surface area contributed by atoms with E-state index in [2.05, 4.69) is 10.3 Å². The fourth-order valence-corrected chi connectivity index (χ4v) is 2.91. The molecule has 4 N–H and O–H groups in total. The smallest absolute Gasteiger partial charge is 0.305 e. The number of nitrogens with two attached hydrogens (primary N) is 1. The largest absolute Gasteiger partial charge is 0.481 e. The average Bonchev–Trinajstić information content (AvgIpc) is 2.89. The van der Waals surface area contributed by atoms with Crippen molar-refractivity contribution in [2.75, 3.05) is 19.6 Å². The molecule has 21 heavy (non-hydrogen) atoms. The number of nitrogens with one attached hydrogen (secondary N) is 1. The summed E-state index contributed by atoms with van der Waals surface area (Å²) >= 11 is 1.33. The van der Waals surface area contributed by atoms with E-state index >= 15 is 0 Å². The van der Waals surface area contributed by atoms with Crippen LogP contribution in [0.3, 0.4) is 0 Å². The van der Waals surface area contributed by atoms with E-state index in [0.717, 1.165) is 5.01 Å². The molecule has 2 heterocycles. The number of thiazole rings is 1. The van der Waals surface area contributed by atoms with Gasteiger partial charge < -0.3 is 21.1 Å². The molecule has 0 bridgehead atoms. The zero-order chi connectivity index (χ0) is 15.4. The number of carboxylic acid groups (broad SMARTS) is 1. The molecule has 1 saturated heterocycles. The summed E-state index contributed by atoms with van der Waals surface area (Å²) in [5.41, 5.74) is 5.67. The van der Waals surface area contributed by atoms with Crippen LogP contribution in [0.15, 0.2) is 5.38 Å². The first kappa shape index (κ1) is 15.4. The molecule has 1 atom stereocenters. The van der Waals surface area contributed by atoms with E-state index in [1.807, 2.05) is 0 Å². The van der Waals surface area contributed by atoms with Crippen molar-refractivity contribution in [1.82, 2.24) is 15.2 Å². The predicted octanol–water partition coefficient (Wildman–Crippen LogP) is -0.940. The highest BCUT2D eigenvalue weighted by Gasteiger charge is 2.35. The number of rotatable bonds is 5. The summed E-state index contributed by atoms with van der Waals surface area (Å²) in [4.78, 5) is 40.5. The Morgan fingerprint density at radius 3 is 3.00 bits per heavy atom. The SMILES string of the molecule is NCCc1nc(C(=O)N2CCNC(=O)C2CC(=O)O)cs1. The van der Waals surface area contributed by atoms with E-state index in [4.69, 9.17) is 10.8 Å². The Bertz CT molecular complexity index is 559. The third kappa shape index (κ3) is 3.56. The van der Waals surface area contributed by atoms with E-state index in [1.54, 1.807) is 5.38 Å². The fourth-order valence-electron chi connectivity index (χ4n) is 2.12. The zero-order valence-electron chi connectivity index (χ0n) is 11.2. The molecule has 9 heteroatoms. The molecule has 114 valence electrons. The van der Waals surface area contributed by atoms with Gasteiger partial charge in [-0.25, -0.2) is 4.98 Å². The molecule has 1 aromatic heterocycles. The highest BCUT2D eigenvalue weighted by Crippen LogP contribution is 2.16. The number of hydrogen-bond acceptors (Lipinski definition) is 6. The predicted molar refractivity (Wildman–Crippen MR) is 75.0 cm³/mol. The highest BCUT2D eigenvalue weighted by atomic mass is 32.1. The van der Waals surface area contributed by atoms with Crippen molar-refractivity contribution in [2.45, 2.75) is 18.9 Å². The molecule has 1 aromatic rings. The van der Waals surface area contributed by atoms with Crippen molar-refractivity contribution in [3.05, 3.63) is 16.1 Å². The lowest BCUT2D eigenvalue weighted by molar-refractivity contribution is -0.142. The maximum Gasteiger partial charge on any atom is 0.305 e. The van der Waals surface area contributed by atoms with Gasteiger partial charge in [-0.1, -0.05) is 0 Å². The topological polar surface area (TPSA) is 126 Å². The zero-order valence-corrected chi connectivity index (χ0v) is 12.1. The number of nitrogens with zero attached hydrogens (tertiary/aromatic N) is 2. The second kappa shape index (κ2) is 6.64. The minimum atomic E-state index is -1.13. The summed E-state index contributed by atoms with van der Waals surface area (Å²) in [7, 11) is 0. The fraction of sp³-hybridized carbons (Fsp3) is 0.500. The molecular formula is C12H16N4O4S. The van der Waals surface area contributed by atoms with E-state index in [9.17, 15) is 14.4 Å². The van der Waals surface area contributed by atoms with E-state index in [-0.39, 0.29) is 12.2 Å². The molecule has 2 amide bonds. The molecule has 2 rings (SSSR count). The summed E-state index contributed by atoms with van der Waals surface area (Å²) < 4.78 is 0. The lowest BCUT2D eigenvalue weighted by Crippen LogP contribution is -2.57. The number of carbonyl (C=O) groups excluding carboxylic acids is 2. The Balaban J connectivity index is 2.17. The number of carboxylic acids is 1. The number of aromatic nitrogens is 1. The van der Waals surface area contributed by atoms with Gasteiger partial charge in [0, 0.05) is 24.9 Å². The standard InChI is InChI=1S/C12H16N4O4S/c13-2-1-9-15-7(6-21-9)12(20)16-4-3-14-11(19)8(16)5-10(17)18/h6,8H,1-5,13H2,(H,14,19)(H,17,18). The first-order chi connectivity index (χ1) is 10.0. The van der Waals surface area contributed by atoms with Crippen LogP contribution < -0.4 is 11.1 Å². The Hall–Kier alpha value is -2.00. The molecular weight excluding hydrogens is 296 g/mol. The van der Waals surface area contributed by atoms with Crippen molar-refractivity contribution in [1.29, 1.82) is 0 Å². The number of aliphatic carboxylic acids is 1. The third-order valence-electron chi connectivity index (χ3n) is 3.09. The van der Waals surface area contributed by atoms with Gasteiger partial charge in [0.25, 0.3) is 5.91 Å².